The molecular weight excluding hydrogens is 460 g/mol. The first-order valence-electron chi connectivity index (χ1n) is 6.09. The van der Waals surface area contributed by atoms with Crippen molar-refractivity contribution in [3.8, 4) is 0 Å². The number of aromatic nitrogens is 2. The van der Waals surface area contributed by atoms with E-state index >= 15 is 0 Å². The fourth-order valence-electron chi connectivity index (χ4n) is 0.951. The predicted molar refractivity (Wildman–Crippen MR) is 95.3 cm³/mol. The van der Waals surface area contributed by atoms with Gasteiger partial charge in [0.2, 0.25) is 0 Å². The Bertz CT molecular complexity index is 749. The lowest BCUT2D eigenvalue weighted by Crippen LogP contribution is -2.41. The molecule has 180 valence electrons. The van der Waals surface area contributed by atoms with E-state index in [1.165, 1.54) is 0 Å². The summed E-state index contributed by atoms with van der Waals surface area (Å²) in [6.07, 6.45) is 7.00. The molecule has 0 saturated heterocycles. The first kappa shape index (κ1) is 41.7. The fraction of sp³-hybridized carbons (Fsp3) is 0. The number of rotatable bonds is 0. The number of H-pyrrole nitrogens is 2. The normalized spacial score (nSPS) is 8.73. The molecule has 0 aromatic carbocycles. The molecule has 2 heterocycles. The molecule has 18 nitrogen and oxygen atoms in total. The molecule has 2 rings (SSSR count). The zero-order valence-electron chi connectivity index (χ0n) is 15.1. The summed E-state index contributed by atoms with van der Waals surface area (Å²) in [7, 11) is -10.3. The minimum Gasteiger partial charge on any atom is -0.759 e. The molecule has 0 saturated carbocycles. The lowest BCUT2D eigenvalue weighted by atomic mass is 10.4. The molecule has 0 bridgehead atoms. The van der Waals surface area contributed by atoms with Gasteiger partial charge in [0.1, 0.15) is 0 Å². The van der Waals surface area contributed by atoms with Gasteiger partial charge >= 0.3 is 0 Å². The van der Waals surface area contributed by atoms with Crippen LogP contribution in [0, 0.1) is 0 Å². The van der Waals surface area contributed by atoms with Gasteiger partial charge in [-0.25, -0.2) is 9.97 Å². The van der Waals surface area contributed by atoms with E-state index in [0.29, 0.717) is 11.4 Å². The van der Waals surface area contributed by atoms with Crippen molar-refractivity contribution >= 4 is 43.5 Å². The lowest BCUT2D eigenvalue weighted by molar-refractivity contribution is -0.379. The molecule has 0 fully saturated rings. The van der Waals surface area contributed by atoms with E-state index in [4.69, 9.17) is 46.5 Å². The van der Waals surface area contributed by atoms with Gasteiger partial charge in [0.25, 0.3) is 0 Å². The average molecular weight is 486 g/mol. The minimum absolute atomic E-state index is 0. The van der Waals surface area contributed by atoms with Gasteiger partial charge in [0.05, 0.1) is 12.1 Å². The van der Waals surface area contributed by atoms with Crippen molar-refractivity contribution in [2.75, 3.05) is 11.5 Å². The van der Waals surface area contributed by atoms with Gasteiger partial charge in [0.15, 0.2) is 47.5 Å². The van der Waals surface area contributed by atoms with E-state index in [1.807, 2.05) is 12.1 Å². The molecule has 0 amide bonds. The maximum atomic E-state index is 8.52. The number of hydrogen-bond donors (Lipinski definition) is 4. The number of hydrogen-bond acceptors (Lipinski definition) is 10. The Hall–Kier alpha value is -2.60. The van der Waals surface area contributed by atoms with Crippen molar-refractivity contribution in [1.82, 2.24) is 0 Å². The highest BCUT2D eigenvalue weighted by atomic mass is 32.3. The van der Waals surface area contributed by atoms with Crippen LogP contribution in [0.5, 0.6) is 0 Å². The fourth-order valence-corrected chi connectivity index (χ4v) is 0.951. The van der Waals surface area contributed by atoms with Crippen molar-refractivity contribution in [3.05, 3.63) is 36.9 Å². The zero-order valence-corrected chi connectivity index (χ0v) is 16.7. The van der Waals surface area contributed by atoms with Crippen LogP contribution in [0.25, 0.3) is 0 Å². The highest BCUT2D eigenvalue weighted by Crippen LogP contribution is 2.04. The lowest BCUT2D eigenvalue weighted by Gasteiger charge is -2.06. The van der Waals surface area contributed by atoms with E-state index in [2.05, 4.69) is 21.4 Å². The number of anilines is 2. The summed E-state index contributed by atoms with van der Waals surface area (Å²) in [5.74, 6) is 0. The van der Waals surface area contributed by atoms with Crippen LogP contribution in [0.3, 0.4) is 0 Å². The average Bonchev–Trinajstić information content (AvgIpc) is 2.43. The third-order valence-corrected chi connectivity index (χ3v) is 1.98. The molecule has 20 N–H and O–H groups in total. The van der Waals surface area contributed by atoms with Gasteiger partial charge in [-0.05, 0) is 0 Å². The van der Waals surface area contributed by atoms with Crippen LogP contribution in [-0.4, -0.2) is 57.0 Å². The van der Waals surface area contributed by atoms with Gasteiger partial charge in [0, 0.05) is 20.8 Å². The number of quaternary nitrogens is 2. The van der Waals surface area contributed by atoms with Crippen molar-refractivity contribution in [3.63, 3.8) is 0 Å². The molecular formula is C10H26N6O12S2. The molecule has 0 aliphatic carbocycles. The van der Waals surface area contributed by atoms with Crippen LogP contribution in [0.2, 0.25) is 0 Å². The van der Waals surface area contributed by atoms with Gasteiger partial charge in [-0.2, -0.15) is 0 Å². The topological polar surface area (TPSA) is 422 Å². The predicted octanol–water partition coefficient (Wildman–Crippen LogP) is -8.06. The molecule has 0 unspecified atom stereocenters. The Kier molecular flexibility index (Phi) is 27.4. The second kappa shape index (κ2) is 19.7. The van der Waals surface area contributed by atoms with E-state index < -0.39 is 20.8 Å². The summed E-state index contributed by atoms with van der Waals surface area (Å²) in [4.78, 5) is 5.67. The van der Waals surface area contributed by atoms with Gasteiger partial charge < -0.3 is 63.1 Å². The largest absolute Gasteiger partial charge is 0.759 e. The SMILES string of the molecule is Nc1c[nH+]ccc1[NH3+].Nc1c[nH+]ccc1[NH3+].O.O.O.O.O=S(=O)([O-])[O-].O=S(=O)([O-])[O-]. The molecule has 0 radical (unpaired) electrons. The summed E-state index contributed by atoms with van der Waals surface area (Å²) < 4.78 is 68.2. The Balaban J connectivity index is -0.0000000628. The number of aromatic amines is 2. The van der Waals surface area contributed by atoms with Crippen molar-refractivity contribution in [2.45, 2.75) is 0 Å². The Morgan fingerprint density at radius 2 is 0.867 bits per heavy atom. The number of nitrogen functional groups attached to an aromatic ring is 2. The minimum atomic E-state index is -5.17. The molecule has 2 aromatic heterocycles. The van der Waals surface area contributed by atoms with Crippen molar-refractivity contribution < 1.29 is 78.4 Å². The van der Waals surface area contributed by atoms with E-state index in [-0.39, 0.29) is 21.9 Å². The zero-order chi connectivity index (χ0) is 21.0. The monoisotopic (exact) mass is 486 g/mol. The van der Waals surface area contributed by atoms with Crippen LogP contribution >= 0.6 is 0 Å². The number of nitrogens with one attached hydrogen (secondary N) is 2. The Morgan fingerprint density at radius 3 is 0.967 bits per heavy atom. The maximum absolute atomic E-state index is 8.52. The summed E-state index contributed by atoms with van der Waals surface area (Å²) in [5.41, 5.74) is 21.3. The molecule has 20 heteroatoms. The summed E-state index contributed by atoms with van der Waals surface area (Å²) >= 11 is 0. The van der Waals surface area contributed by atoms with Crippen LogP contribution in [0.1, 0.15) is 0 Å². The Morgan fingerprint density at radius 1 is 0.667 bits per heavy atom. The second-order valence-electron chi connectivity index (χ2n) is 4.07. The Labute approximate surface area is 170 Å². The van der Waals surface area contributed by atoms with Crippen LogP contribution in [0.4, 0.5) is 22.7 Å². The molecule has 30 heavy (non-hydrogen) atoms. The van der Waals surface area contributed by atoms with Gasteiger partial charge in [-0.3, -0.25) is 16.8 Å². The van der Waals surface area contributed by atoms with E-state index in [1.54, 1.807) is 24.8 Å². The standard InChI is InChI=1S/2C5H7N3.2H2O4S.4H2O/c2*6-4-1-2-8-3-5(4)7;2*1-5(2,3)4;;;;/h2*1-3H,7H2,(H2,6,8);2*(H2,1,2,3,4);4*1H2. The molecule has 0 spiro atoms. The molecule has 0 aliphatic rings. The maximum Gasteiger partial charge on any atom is 0.196 e. The van der Waals surface area contributed by atoms with Gasteiger partial charge in [-0.15, -0.1) is 0 Å². The first-order valence-corrected chi connectivity index (χ1v) is 8.76. The quantitative estimate of drug-likeness (QED) is 0.201. The summed E-state index contributed by atoms with van der Waals surface area (Å²) in [6, 6.07) is 3.66. The summed E-state index contributed by atoms with van der Waals surface area (Å²) in [6.45, 7) is 0. The van der Waals surface area contributed by atoms with Crippen molar-refractivity contribution in [1.29, 1.82) is 0 Å². The van der Waals surface area contributed by atoms with E-state index in [9.17, 15) is 0 Å². The van der Waals surface area contributed by atoms with Gasteiger partial charge in [-0.1, -0.05) is 0 Å². The number of pyridine rings is 2. The molecule has 0 atom stereocenters. The van der Waals surface area contributed by atoms with Crippen LogP contribution < -0.4 is 32.9 Å². The third-order valence-electron chi connectivity index (χ3n) is 1.98. The molecule has 0 aliphatic heterocycles. The molecule has 2 aromatic rings. The van der Waals surface area contributed by atoms with Crippen molar-refractivity contribution in [2.24, 2.45) is 0 Å². The number of nitrogens with two attached hydrogens (primary N) is 2. The smallest absolute Gasteiger partial charge is 0.196 e. The van der Waals surface area contributed by atoms with Crippen LogP contribution in [0.15, 0.2) is 36.9 Å². The first-order chi connectivity index (χ1) is 11.6. The van der Waals surface area contributed by atoms with E-state index in [0.717, 1.165) is 11.4 Å². The highest BCUT2D eigenvalue weighted by molar-refractivity contribution is 7.79. The third kappa shape index (κ3) is 40.2. The summed E-state index contributed by atoms with van der Waals surface area (Å²) in [5, 5.41) is 0. The highest BCUT2D eigenvalue weighted by Gasteiger charge is 1.96. The van der Waals surface area contributed by atoms with Crippen LogP contribution in [-0.2, 0) is 20.8 Å². The second-order valence-corrected chi connectivity index (χ2v) is 5.70.